The lowest BCUT2D eigenvalue weighted by molar-refractivity contribution is -0.384. The summed E-state index contributed by atoms with van der Waals surface area (Å²) in [4.78, 5) is 10.6. The van der Waals surface area contributed by atoms with Crippen molar-refractivity contribution in [3.8, 4) is 11.1 Å². The highest BCUT2D eigenvalue weighted by molar-refractivity contribution is 6.30. The molecule has 0 heterocycles. The fourth-order valence-corrected chi connectivity index (χ4v) is 1.88. The predicted molar refractivity (Wildman–Crippen MR) is 68.3 cm³/mol. The van der Waals surface area contributed by atoms with Gasteiger partial charge in [0.25, 0.3) is 5.69 Å². The minimum Gasteiger partial charge on any atom is -0.258 e. The molecule has 86 valence electrons. The summed E-state index contributed by atoms with van der Waals surface area (Å²) in [6.07, 6.45) is 0. The van der Waals surface area contributed by atoms with Gasteiger partial charge in [0.15, 0.2) is 0 Å². The lowest BCUT2D eigenvalue weighted by Gasteiger charge is -2.04. The van der Waals surface area contributed by atoms with E-state index in [1.807, 2.05) is 31.2 Å². The van der Waals surface area contributed by atoms with E-state index in [-0.39, 0.29) is 5.69 Å². The van der Waals surface area contributed by atoms with Crippen LogP contribution >= 0.6 is 11.6 Å². The fourth-order valence-electron chi connectivity index (χ4n) is 1.71. The largest absolute Gasteiger partial charge is 0.278 e. The van der Waals surface area contributed by atoms with E-state index in [4.69, 9.17) is 11.6 Å². The average molecular weight is 248 g/mol. The van der Waals surface area contributed by atoms with Crippen LogP contribution in [0.15, 0.2) is 42.5 Å². The van der Waals surface area contributed by atoms with Gasteiger partial charge in [0.2, 0.25) is 0 Å². The summed E-state index contributed by atoms with van der Waals surface area (Å²) in [6, 6.07) is 12.3. The Morgan fingerprint density at radius 1 is 1.18 bits per heavy atom. The van der Waals surface area contributed by atoms with Gasteiger partial charge in [-0.15, -0.1) is 0 Å². The van der Waals surface area contributed by atoms with Gasteiger partial charge >= 0.3 is 0 Å². The molecule has 0 aromatic heterocycles. The van der Waals surface area contributed by atoms with Crippen molar-refractivity contribution < 1.29 is 4.92 Å². The van der Waals surface area contributed by atoms with E-state index in [1.165, 1.54) is 6.07 Å². The lowest BCUT2D eigenvalue weighted by atomic mass is 10.0. The molecule has 0 aliphatic heterocycles. The van der Waals surface area contributed by atoms with E-state index in [9.17, 15) is 10.1 Å². The van der Waals surface area contributed by atoms with Crippen molar-refractivity contribution in [3.63, 3.8) is 0 Å². The summed E-state index contributed by atoms with van der Waals surface area (Å²) >= 11 is 5.78. The maximum Gasteiger partial charge on any atom is 0.278 e. The van der Waals surface area contributed by atoms with Crippen LogP contribution in [0.1, 0.15) is 5.56 Å². The number of nitro benzene ring substituents is 1. The first-order valence-corrected chi connectivity index (χ1v) is 5.47. The lowest BCUT2D eigenvalue weighted by Crippen LogP contribution is -1.92. The van der Waals surface area contributed by atoms with Crippen molar-refractivity contribution in [2.24, 2.45) is 0 Å². The molecule has 0 spiro atoms. The molecular formula is C13H10ClNO2. The summed E-state index contributed by atoms with van der Waals surface area (Å²) in [6.45, 7) is 1.95. The summed E-state index contributed by atoms with van der Waals surface area (Å²) in [5.41, 5.74) is 2.51. The molecule has 0 unspecified atom stereocenters. The number of rotatable bonds is 2. The van der Waals surface area contributed by atoms with Crippen LogP contribution in [0, 0.1) is 17.0 Å². The monoisotopic (exact) mass is 247 g/mol. The number of hydrogen-bond acceptors (Lipinski definition) is 2. The van der Waals surface area contributed by atoms with Gasteiger partial charge in [0.05, 0.1) is 10.5 Å². The minimum absolute atomic E-state index is 0.0306. The summed E-state index contributed by atoms with van der Waals surface area (Å²) < 4.78 is 0. The van der Waals surface area contributed by atoms with Crippen molar-refractivity contribution in [3.05, 3.63) is 63.2 Å². The Morgan fingerprint density at radius 3 is 2.59 bits per heavy atom. The van der Waals surface area contributed by atoms with Crippen molar-refractivity contribution in [2.45, 2.75) is 6.92 Å². The normalized spacial score (nSPS) is 10.2. The molecule has 2 aromatic rings. The first kappa shape index (κ1) is 11.6. The molecule has 17 heavy (non-hydrogen) atoms. The molecule has 2 rings (SSSR count). The third-order valence-corrected chi connectivity index (χ3v) is 2.72. The molecule has 0 bridgehead atoms. The van der Waals surface area contributed by atoms with Gasteiger partial charge in [-0.3, -0.25) is 10.1 Å². The van der Waals surface area contributed by atoms with Crippen LogP contribution in [0.2, 0.25) is 5.02 Å². The van der Waals surface area contributed by atoms with Gasteiger partial charge < -0.3 is 0 Å². The molecular weight excluding hydrogens is 238 g/mol. The maximum absolute atomic E-state index is 11.0. The first-order chi connectivity index (χ1) is 8.08. The second-order valence-corrected chi connectivity index (χ2v) is 4.22. The number of nitro groups is 1. The molecule has 0 amide bonds. The second-order valence-electron chi connectivity index (χ2n) is 3.79. The molecule has 0 aliphatic rings. The Hall–Kier alpha value is -1.87. The number of hydrogen-bond donors (Lipinski definition) is 0. The Morgan fingerprint density at radius 2 is 1.94 bits per heavy atom. The van der Waals surface area contributed by atoms with E-state index in [2.05, 4.69) is 0 Å². The molecule has 4 heteroatoms. The molecule has 0 radical (unpaired) electrons. The van der Waals surface area contributed by atoms with Crippen molar-refractivity contribution in [1.29, 1.82) is 0 Å². The zero-order valence-electron chi connectivity index (χ0n) is 9.18. The van der Waals surface area contributed by atoms with E-state index in [0.29, 0.717) is 10.6 Å². The Bertz CT molecular complexity index is 581. The SMILES string of the molecule is Cc1cccc(-c2ccc(Cl)cc2[N+](=O)[O-])c1. The highest BCUT2D eigenvalue weighted by atomic mass is 35.5. The molecule has 0 N–H and O–H groups in total. The van der Waals surface area contributed by atoms with Crippen molar-refractivity contribution in [2.75, 3.05) is 0 Å². The van der Waals surface area contributed by atoms with Gasteiger partial charge in [-0.1, -0.05) is 41.4 Å². The molecule has 0 aliphatic carbocycles. The van der Waals surface area contributed by atoms with Gasteiger partial charge in [0.1, 0.15) is 0 Å². The molecule has 0 saturated heterocycles. The third-order valence-electron chi connectivity index (χ3n) is 2.49. The van der Waals surface area contributed by atoms with Crippen LogP contribution in [0.25, 0.3) is 11.1 Å². The highest BCUT2D eigenvalue weighted by Crippen LogP contribution is 2.32. The number of aryl methyl sites for hydroxylation is 1. The Labute approximate surface area is 104 Å². The average Bonchev–Trinajstić information content (AvgIpc) is 2.28. The topological polar surface area (TPSA) is 43.1 Å². The van der Waals surface area contributed by atoms with Crippen molar-refractivity contribution >= 4 is 17.3 Å². The summed E-state index contributed by atoms with van der Waals surface area (Å²) in [5, 5.41) is 11.3. The number of halogens is 1. The van der Waals surface area contributed by atoms with E-state index < -0.39 is 4.92 Å². The first-order valence-electron chi connectivity index (χ1n) is 5.09. The molecule has 0 fully saturated rings. The Kier molecular flexibility index (Phi) is 3.11. The predicted octanol–water partition coefficient (Wildman–Crippen LogP) is 4.22. The zero-order chi connectivity index (χ0) is 12.4. The molecule has 0 saturated carbocycles. The molecule has 0 atom stereocenters. The van der Waals surface area contributed by atoms with Crippen LogP contribution in [-0.4, -0.2) is 4.92 Å². The van der Waals surface area contributed by atoms with Crippen LogP contribution < -0.4 is 0 Å². The van der Waals surface area contributed by atoms with Crippen LogP contribution in [0.3, 0.4) is 0 Å². The van der Waals surface area contributed by atoms with E-state index in [0.717, 1.165) is 11.1 Å². The standard InChI is InChI=1S/C13H10ClNO2/c1-9-3-2-4-10(7-9)12-6-5-11(14)8-13(12)15(16)17/h2-8H,1H3. The van der Waals surface area contributed by atoms with Crippen LogP contribution in [0.4, 0.5) is 5.69 Å². The van der Waals surface area contributed by atoms with Crippen LogP contribution in [-0.2, 0) is 0 Å². The van der Waals surface area contributed by atoms with Crippen LogP contribution in [0.5, 0.6) is 0 Å². The molecule has 3 nitrogen and oxygen atoms in total. The maximum atomic E-state index is 11.0. The molecule has 2 aromatic carbocycles. The Balaban J connectivity index is 2.63. The number of nitrogens with zero attached hydrogens (tertiary/aromatic N) is 1. The van der Waals surface area contributed by atoms with Gasteiger partial charge in [-0.25, -0.2) is 0 Å². The quantitative estimate of drug-likeness (QED) is 0.589. The third kappa shape index (κ3) is 2.45. The zero-order valence-corrected chi connectivity index (χ0v) is 9.94. The summed E-state index contributed by atoms with van der Waals surface area (Å²) in [7, 11) is 0. The van der Waals surface area contributed by atoms with E-state index >= 15 is 0 Å². The summed E-state index contributed by atoms with van der Waals surface area (Å²) in [5.74, 6) is 0. The van der Waals surface area contributed by atoms with Gasteiger partial charge in [-0.05, 0) is 24.6 Å². The fraction of sp³-hybridized carbons (Fsp3) is 0.0769. The minimum atomic E-state index is -0.413. The van der Waals surface area contributed by atoms with E-state index in [1.54, 1.807) is 12.1 Å². The number of benzene rings is 2. The van der Waals surface area contributed by atoms with Gasteiger partial charge in [0, 0.05) is 11.1 Å². The smallest absolute Gasteiger partial charge is 0.258 e. The second kappa shape index (κ2) is 4.55. The van der Waals surface area contributed by atoms with Gasteiger partial charge in [-0.2, -0.15) is 0 Å². The highest BCUT2D eigenvalue weighted by Gasteiger charge is 2.15. The van der Waals surface area contributed by atoms with Crippen molar-refractivity contribution in [1.82, 2.24) is 0 Å².